The molecule has 1 atom stereocenters. The summed E-state index contributed by atoms with van der Waals surface area (Å²) in [6.45, 7) is 2.31. The van der Waals surface area contributed by atoms with Gasteiger partial charge in [-0.15, -0.1) is 0 Å². The maximum absolute atomic E-state index is 13.9. The normalized spacial score (nSPS) is 20.4. The van der Waals surface area contributed by atoms with Crippen LogP contribution in [0, 0.1) is 11.6 Å². The average Bonchev–Trinajstić information content (AvgIpc) is 2.68. The Morgan fingerprint density at radius 1 is 1.20 bits per heavy atom. The highest BCUT2D eigenvalue weighted by Gasteiger charge is 2.41. The van der Waals surface area contributed by atoms with Crippen LogP contribution in [0.4, 0.5) is 8.78 Å². The van der Waals surface area contributed by atoms with Crippen molar-refractivity contribution in [2.75, 3.05) is 6.61 Å². The number of halogens is 2. The molecular formula is C16H22F2O2. The molecule has 1 N–H and O–H groups in total. The van der Waals surface area contributed by atoms with Gasteiger partial charge in [0.25, 0.3) is 0 Å². The fourth-order valence-corrected chi connectivity index (χ4v) is 3.13. The van der Waals surface area contributed by atoms with E-state index in [1.807, 2.05) is 6.92 Å². The highest BCUT2D eigenvalue weighted by molar-refractivity contribution is 5.24. The Balaban J connectivity index is 2.34. The number of hydrogen-bond acceptors (Lipinski definition) is 2. The first kappa shape index (κ1) is 15.4. The maximum Gasteiger partial charge on any atom is 0.164 e. The van der Waals surface area contributed by atoms with Gasteiger partial charge in [-0.1, -0.05) is 37.8 Å². The van der Waals surface area contributed by atoms with Crippen LogP contribution in [0.3, 0.4) is 0 Å². The van der Waals surface area contributed by atoms with Crippen LogP contribution in [0.5, 0.6) is 0 Å². The van der Waals surface area contributed by atoms with Crippen molar-refractivity contribution in [2.45, 2.75) is 57.2 Å². The van der Waals surface area contributed by atoms with Crippen LogP contribution in [0.25, 0.3) is 0 Å². The molecule has 20 heavy (non-hydrogen) atoms. The van der Waals surface area contributed by atoms with E-state index in [-0.39, 0.29) is 5.56 Å². The molecule has 1 fully saturated rings. The van der Waals surface area contributed by atoms with Crippen LogP contribution in [-0.4, -0.2) is 17.3 Å². The molecule has 0 spiro atoms. The van der Waals surface area contributed by atoms with Gasteiger partial charge in [-0.2, -0.15) is 0 Å². The summed E-state index contributed by atoms with van der Waals surface area (Å²) in [5, 5.41) is 10.6. The summed E-state index contributed by atoms with van der Waals surface area (Å²) in [6.07, 6.45) is 4.29. The molecule has 1 aromatic carbocycles. The Kier molecular flexibility index (Phi) is 5.11. The standard InChI is InChI=1S/C16H22F2O2/c1-2-20-16(10-5-3-4-6-11-16)15(19)12-8-7-9-13(17)14(12)18/h7-9,15,19H,2-6,10-11H2,1H3. The Hall–Kier alpha value is -1.00. The van der Waals surface area contributed by atoms with Crippen molar-refractivity contribution >= 4 is 0 Å². The molecule has 1 aliphatic rings. The van der Waals surface area contributed by atoms with Gasteiger partial charge in [-0.25, -0.2) is 8.78 Å². The molecule has 0 aliphatic heterocycles. The number of benzene rings is 1. The Labute approximate surface area is 118 Å². The van der Waals surface area contributed by atoms with Gasteiger partial charge in [-0.05, 0) is 25.8 Å². The first-order chi connectivity index (χ1) is 9.60. The van der Waals surface area contributed by atoms with Gasteiger partial charge in [0.05, 0.1) is 5.60 Å². The predicted molar refractivity (Wildman–Crippen MR) is 73.4 cm³/mol. The number of ether oxygens (including phenoxy) is 1. The zero-order valence-electron chi connectivity index (χ0n) is 11.9. The second-order valence-electron chi connectivity index (χ2n) is 5.46. The third kappa shape index (κ3) is 3.01. The molecule has 1 aromatic rings. The van der Waals surface area contributed by atoms with Crippen LogP contribution >= 0.6 is 0 Å². The molecule has 2 rings (SSSR count). The molecule has 2 nitrogen and oxygen atoms in total. The molecular weight excluding hydrogens is 262 g/mol. The van der Waals surface area contributed by atoms with Gasteiger partial charge >= 0.3 is 0 Å². The van der Waals surface area contributed by atoms with Crippen molar-refractivity contribution in [3.05, 3.63) is 35.4 Å². The summed E-state index contributed by atoms with van der Waals surface area (Å²) in [5.74, 6) is -1.90. The monoisotopic (exact) mass is 284 g/mol. The zero-order valence-corrected chi connectivity index (χ0v) is 11.9. The van der Waals surface area contributed by atoms with Gasteiger partial charge in [0.15, 0.2) is 11.6 Å². The van der Waals surface area contributed by atoms with Crippen LogP contribution in [0.1, 0.15) is 57.1 Å². The summed E-state index contributed by atoms with van der Waals surface area (Å²) in [4.78, 5) is 0. The number of hydrogen-bond donors (Lipinski definition) is 1. The van der Waals surface area contributed by atoms with E-state index in [1.165, 1.54) is 12.1 Å². The van der Waals surface area contributed by atoms with Crippen molar-refractivity contribution in [3.63, 3.8) is 0 Å². The maximum atomic E-state index is 13.9. The second kappa shape index (κ2) is 6.64. The minimum absolute atomic E-state index is 0.000324. The second-order valence-corrected chi connectivity index (χ2v) is 5.46. The van der Waals surface area contributed by atoms with E-state index in [0.717, 1.165) is 31.7 Å². The fraction of sp³-hybridized carbons (Fsp3) is 0.625. The van der Waals surface area contributed by atoms with E-state index in [2.05, 4.69) is 0 Å². The van der Waals surface area contributed by atoms with E-state index in [9.17, 15) is 13.9 Å². The third-order valence-corrected chi connectivity index (χ3v) is 4.16. The summed E-state index contributed by atoms with van der Waals surface area (Å²) < 4.78 is 33.1. The van der Waals surface area contributed by atoms with E-state index < -0.39 is 23.3 Å². The topological polar surface area (TPSA) is 29.5 Å². The van der Waals surface area contributed by atoms with E-state index in [4.69, 9.17) is 4.74 Å². The Bertz CT molecular complexity index is 440. The lowest BCUT2D eigenvalue weighted by atomic mass is 9.84. The SMILES string of the molecule is CCOC1(C(O)c2cccc(F)c2F)CCCCCC1. The van der Waals surface area contributed by atoms with Gasteiger partial charge < -0.3 is 9.84 Å². The van der Waals surface area contributed by atoms with E-state index >= 15 is 0 Å². The van der Waals surface area contributed by atoms with Crippen LogP contribution in [-0.2, 0) is 4.74 Å². The van der Waals surface area contributed by atoms with E-state index in [1.54, 1.807) is 0 Å². The molecule has 1 aliphatic carbocycles. The van der Waals surface area contributed by atoms with Crippen molar-refractivity contribution < 1.29 is 18.6 Å². The smallest absolute Gasteiger partial charge is 0.164 e. The molecule has 0 amide bonds. The third-order valence-electron chi connectivity index (χ3n) is 4.16. The first-order valence-electron chi connectivity index (χ1n) is 7.36. The number of aliphatic hydroxyl groups is 1. The van der Waals surface area contributed by atoms with Crippen molar-refractivity contribution in [1.82, 2.24) is 0 Å². The molecule has 0 bridgehead atoms. The summed E-state index contributed by atoms with van der Waals surface area (Å²) in [7, 11) is 0. The summed E-state index contributed by atoms with van der Waals surface area (Å²) >= 11 is 0. The molecule has 0 heterocycles. The summed E-state index contributed by atoms with van der Waals surface area (Å²) in [5.41, 5.74) is -0.791. The molecule has 112 valence electrons. The lowest BCUT2D eigenvalue weighted by molar-refractivity contribution is -0.132. The van der Waals surface area contributed by atoms with Gasteiger partial charge in [-0.3, -0.25) is 0 Å². The largest absolute Gasteiger partial charge is 0.385 e. The fourth-order valence-electron chi connectivity index (χ4n) is 3.13. The highest BCUT2D eigenvalue weighted by Crippen LogP contribution is 2.41. The van der Waals surface area contributed by atoms with Gasteiger partial charge in [0.1, 0.15) is 6.10 Å². The number of rotatable bonds is 4. The lowest BCUT2D eigenvalue weighted by Crippen LogP contribution is -2.39. The number of aliphatic hydroxyl groups excluding tert-OH is 1. The molecule has 0 saturated heterocycles. The molecule has 4 heteroatoms. The highest BCUT2D eigenvalue weighted by atomic mass is 19.2. The first-order valence-corrected chi connectivity index (χ1v) is 7.36. The summed E-state index contributed by atoms with van der Waals surface area (Å²) in [6, 6.07) is 3.92. The zero-order chi connectivity index (χ0) is 14.6. The quantitative estimate of drug-likeness (QED) is 0.842. The lowest BCUT2D eigenvalue weighted by Gasteiger charge is -2.37. The Morgan fingerprint density at radius 2 is 1.85 bits per heavy atom. The van der Waals surface area contributed by atoms with Crippen LogP contribution in [0.15, 0.2) is 18.2 Å². The van der Waals surface area contributed by atoms with E-state index in [0.29, 0.717) is 19.4 Å². The minimum Gasteiger partial charge on any atom is -0.385 e. The van der Waals surface area contributed by atoms with Crippen LogP contribution in [0.2, 0.25) is 0 Å². The van der Waals surface area contributed by atoms with Crippen molar-refractivity contribution in [1.29, 1.82) is 0 Å². The van der Waals surface area contributed by atoms with Gasteiger partial charge in [0, 0.05) is 12.2 Å². The molecule has 0 aromatic heterocycles. The Morgan fingerprint density at radius 3 is 2.45 bits per heavy atom. The van der Waals surface area contributed by atoms with Crippen LogP contribution < -0.4 is 0 Å². The molecule has 0 radical (unpaired) electrons. The minimum atomic E-state index is -1.13. The predicted octanol–water partition coefficient (Wildman–Crippen LogP) is 4.13. The molecule has 1 unspecified atom stereocenters. The molecule has 1 saturated carbocycles. The average molecular weight is 284 g/mol. The van der Waals surface area contributed by atoms with Crippen molar-refractivity contribution in [2.24, 2.45) is 0 Å². The van der Waals surface area contributed by atoms with Gasteiger partial charge in [0.2, 0.25) is 0 Å². The van der Waals surface area contributed by atoms with Crippen molar-refractivity contribution in [3.8, 4) is 0 Å².